The molecule has 0 fully saturated rings. The molecule has 0 aliphatic carbocycles. The highest BCUT2D eigenvalue weighted by Gasteiger charge is 2.20. The molecule has 1 amide bonds. The Balaban J connectivity index is 1.76. The summed E-state index contributed by atoms with van der Waals surface area (Å²) in [4.78, 5) is 16.4. The molecule has 0 aliphatic rings. The normalized spacial score (nSPS) is 11.0. The van der Waals surface area contributed by atoms with Gasteiger partial charge in [0.25, 0.3) is 15.9 Å². The van der Waals surface area contributed by atoms with Gasteiger partial charge in [-0.15, -0.1) is 0 Å². The van der Waals surface area contributed by atoms with Gasteiger partial charge in [-0.25, -0.2) is 8.42 Å². The molecule has 1 heterocycles. The van der Waals surface area contributed by atoms with E-state index in [1.54, 1.807) is 42.6 Å². The number of carbonyl (C=O) groups excluding carboxylic acids is 1. The van der Waals surface area contributed by atoms with Gasteiger partial charge in [0.05, 0.1) is 23.9 Å². The van der Waals surface area contributed by atoms with Gasteiger partial charge >= 0.3 is 0 Å². The topological polar surface area (TPSA) is 97.4 Å². The molecule has 3 rings (SSSR count). The third-order valence-corrected chi connectivity index (χ3v) is 5.92. The van der Waals surface area contributed by atoms with Gasteiger partial charge < -0.3 is 10.1 Å². The number of nitrogens with zero attached hydrogens (tertiary/aromatic N) is 1. The van der Waals surface area contributed by atoms with E-state index in [1.165, 1.54) is 18.2 Å². The first-order valence-electron chi connectivity index (χ1n) is 9.12. The van der Waals surface area contributed by atoms with Crippen molar-refractivity contribution < 1.29 is 17.9 Å². The molecule has 0 spiro atoms. The Kier molecular flexibility index (Phi) is 6.91. The zero-order valence-electron chi connectivity index (χ0n) is 16.1. The smallest absolute Gasteiger partial charge is 0.263 e. The van der Waals surface area contributed by atoms with Gasteiger partial charge in [0.1, 0.15) is 10.6 Å². The largest absolute Gasteiger partial charge is 0.494 e. The molecule has 9 heteroatoms. The molecule has 0 unspecified atom stereocenters. The number of aromatic nitrogens is 1. The molecule has 0 saturated heterocycles. The lowest BCUT2D eigenvalue weighted by atomic mass is 10.2. The molecule has 2 N–H and O–H groups in total. The van der Waals surface area contributed by atoms with Crippen molar-refractivity contribution in [3.8, 4) is 5.75 Å². The van der Waals surface area contributed by atoms with Crippen molar-refractivity contribution in [3.63, 3.8) is 0 Å². The van der Waals surface area contributed by atoms with Crippen LogP contribution in [0.25, 0.3) is 0 Å². The molecule has 7 nitrogen and oxygen atoms in total. The minimum Gasteiger partial charge on any atom is -0.494 e. The second kappa shape index (κ2) is 9.60. The fourth-order valence-corrected chi connectivity index (χ4v) is 4.21. The summed E-state index contributed by atoms with van der Waals surface area (Å²) in [7, 11) is -4.01. The maximum absolute atomic E-state index is 12.8. The summed E-state index contributed by atoms with van der Waals surface area (Å²) < 4.78 is 33.4. The molecule has 30 heavy (non-hydrogen) atoms. The third kappa shape index (κ3) is 5.49. The number of nitrogens with one attached hydrogen (secondary N) is 2. The zero-order valence-corrected chi connectivity index (χ0v) is 17.7. The summed E-state index contributed by atoms with van der Waals surface area (Å²) in [6, 6.07) is 15.9. The van der Waals surface area contributed by atoms with Gasteiger partial charge in [-0.3, -0.25) is 14.5 Å². The van der Waals surface area contributed by atoms with E-state index in [4.69, 9.17) is 16.3 Å². The average Bonchev–Trinajstić information content (AvgIpc) is 2.74. The number of sulfonamides is 1. The molecule has 1 aromatic heterocycles. The predicted molar refractivity (Wildman–Crippen MR) is 115 cm³/mol. The van der Waals surface area contributed by atoms with Crippen LogP contribution in [-0.4, -0.2) is 25.9 Å². The van der Waals surface area contributed by atoms with E-state index >= 15 is 0 Å². The third-order valence-electron chi connectivity index (χ3n) is 4.06. The van der Waals surface area contributed by atoms with Crippen LogP contribution < -0.4 is 14.8 Å². The first kappa shape index (κ1) is 21.6. The van der Waals surface area contributed by atoms with Crippen LogP contribution in [-0.2, 0) is 16.6 Å². The Hall–Kier alpha value is -3.10. The maximum Gasteiger partial charge on any atom is 0.263 e. The van der Waals surface area contributed by atoms with E-state index in [2.05, 4.69) is 15.0 Å². The van der Waals surface area contributed by atoms with E-state index in [9.17, 15) is 13.2 Å². The fourth-order valence-electron chi connectivity index (χ4n) is 2.62. The molecule has 3 aromatic rings. The highest BCUT2D eigenvalue weighted by Crippen LogP contribution is 2.26. The molecule has 0 aliphatic heterocycles. The summed E-state index contributed by atoms with van der Waals surface area (Å²) in [5.41, 5.74) is 1.20. The SMILES string of the molecule is CCOc1ccc(NS(=O)(=O)c2cc(C(=O)NCc3ccccn3)ccc2Cl)cc1. The summed E-state index contributed by atoms with van der Waals surface area (Å²) in [6.07, 6.45) is 1.63. The number of hydrogen-bond acceptors (Lipinski definition) is 5. The maximum atomic E-state index is 12.8. The van der Waals surface area contributed by atoms with E-state index < -0.39 is 15.9 Å². The van der Waals surface area contributed by atoms with Crippen molar-refractivity contribution in [2.75, 3.05) is 11.3 Å². The van der Waals surface area contributed by atoms with Crippen LogP contribution in [0.15, 0.2) is 71.8 Å². The molecule has 0 saturated carbocycles. The van der Waals surface area contributed by atoms with Crippen LogP contribution in [0.2, 0.25) is 5.02 Å². The number of pyridine rings is 1. The molecule has 0 radical (unpaired) electrons. The van der Waals surface area contributed by atoms with Crippen LogP contribution in [0.1, 0.15) is 23.0 Å². The summed E-state index contributed by atoms with van der Waals surface area (Å²) in [5, 5.41) is 2.72. The molecule has 156 valence electrons. The molecule has 0 bridgehead atoms. The lowest BCUT2D eigenvalue weighted by Gasteiger charge is -2.12. The quantitative estimate of drug-likeness (QED) is 0.548. The van der Waals surface area contributed by atoms with Crippen molar-refractivity contribution in [2.45, 2.75) is 18.4 Å². The van der Waals surface area contributed by atoms with Crippen LogP contribution in [0.3, 0.4) is 0 Å². The number of amides is 1. The minimum atomic E-state index is -4.01. The van der Waals surface area contributed by atoms with Crippen molar-refractivity contribution in [1.29, 1.82) is 0 Å². The number of carbonyl (C=O) groups is 1. The first-order valence-corrected chi connectivity index (χ1v) is 11.0. The Labute approximate surface area is 180 Å². The lowest BCUT2D eigenvalue weighted by Crippen LogP contribution is -2.24. The highest BCUT2D eigenvalue weighted by atomic mass is 35.5. The predicted octanol–water partition coefficient (Wildman–Crippen LogP) is 3.86. The number of benzene rings is 2. The van der Waals surface area contributed by atoms with Crippen LogP contribution in [0.5, 0.6) is 5.75 Å². The Morgan fingerprint density at radius 2 is 1.87 bits per heavy atom. The highest BCUT2D eigenvalue weighted by molar-refractivity contribution is 7.92. The Bertz CT molecular complexity index is 1120. The second-order valence-electron chi connectivity index (χ2n) is 6.21. The van der Waals surface area contributed by atoms with Crippen LogP contribution in [0, 0.1) is 0 Å². The lowest BCUT2D eigenvalue weighted by molar-refractivity contribution is 0.0950. The van der Waals surface area contributed by atoms with Crippen LogP contribution >= 0.6 is 11.6 Å². The van der Waals surface area contributed by atoms with Crippen molar-refractivity contribution in [3.05, 3.63) is 83.1 Å². The van der Waals surface area contributed by atoms with Gasteiger partial charge in [-0.1, -0.05) is 17.7 Å². The Morgan fingerprint density at radius 3 is 2.53 bits per heavy atom. The Morgan fingerprint density at radius 1 is 1.10 bits per heavy atom. The first-order chi connectivity index (χ1) is 14.4. The van der Waals surface area contributed by atoms with Gasteiger partial charge in [0, 0.05) is 17.4 Å². The molecular weight excluding hydrogens is 426 g/mol. The van der Waals surface area contributed by atoms with Crippen molar-refractivity contribution in [2.24, 2.45) is 0 Å². The monoisotopic (exact) mass is 445 g/mol. The molecule has 2 aromatic carbocycles. The number of rotatable bonds is 8. The van der Waals surface area contributed by atoms with Crippen molar-refractivity contribution in [1.82, 2.24) is 10.3 Å². The van der Waals surface area contributed by atoms with Gasteiger partial charge in [-0.2, -0.15) is 0 Å². The summed E-state index contributed by atoms with van der Waals surface area (Å²) in [6.45, 7) is 2.59. The molecular formula is C21H20ClN3O4S. The van der Waals surface area contributed by atoms with E-state index in [0.717, 1.165) is 0 Å². The second-order valence-corrected chi connectivity index (χ2v) is 8.27. The van der Waals surface area contributed by atoms with Gasteiger partial charge in [-0.05, 0) is 61.5 Å². The number of hydrogen-bond donors (Lipinski definition) is 2. The van der Waals surface area contributed by atoms with E-state index in [0.29, 0.717) is 23.7 Å². The minimum absolute atomic E-state index is 0.00899. The standard InChI is InChI=1S/C21H20ClN3O4S/c1-2-29-18-9-7-16(8-10-18)25-30(27,28)20-13-15(6-11-19(20)22)21(26)24-14-17-5-3-4-12-23-17/h3-13,25H,2,14H2,1H3,(H,24,26). The van der Waals surface area contributed by atoms with Gasteiger partial charge in [0.15, 0.2) is 0 Å². The van der Waals surface area contributed by atoms with Crippen LogP contribution in [0.4, 0.5) is 5.69 Å². The average molecular weight is 446 g/mol. The summed E-state index contributed by atoms with van der Waals surface area (Å²) >= 11 is 6.11. The van der Waals surface area contributed by atoms with Crippen molar-refractivity contribution >= 4 is 33.2 Å². The molecule has 0 atom stereocenters. The summed E-state index contributed by atoms with van der Waals surface area (Å²) in [5.74, 6) is 0.194. The number of halogens is 1. The zero-order chi connectivity index (χ0) is 21.6. The number of anilines is 1. The van der Waals surface area contributed by atoms with E-state index in [1.807, 2.05) is 13.0 Å². The van der Waals surface area contributed by atoms with E-state index in [-0.39, 0.29) is 22.0 Å². The fraction of sp³-hybridized carbons (Fsp3) is 0.143. The number of ether oxygens (including phenoxy) is 1. The van der Waals surface area contributed by atoms with Gasteiger partial charge in [0.2, 0.25) is 0 Å².